The van der Waals surface area contributed by atoms with Crippen molar-refractivity contribution in [3.05, 3.63) is 54.0 Å². The molecule has 5 rings (SSSR count). The first-order valence-corrected chi connectivity index (χ1v) is 9.99. The van der Waals surface area contributed by atoms with Crippen LogP contribution in [0, 0.1) is 0 Å². The Bertz CT molecular complexity index is 1190. The van der Waals surface area contributed by atoms with Crippen molar-refractivity contribution in [3.63, 3.8) is 0 Å². The summed E-state index contributed by atoms with van der Waals surface area (Å²) in [5.74, 6) is 2.09. The minimum absolute atomic E-state index is 0.151. The van der Waals surface area contributed by atoms with Crippen molar-refractivity contribution in [2.24, 2.45) is 7.05 Å². The second-order valence-electron chi connectivity index (χ2n) is 7.58. The quantitative estimate of drug-likeness (QED) is 0.559. The van der Waals surface area contributed by atoms with Gasteiger partial charge in [0.2, 0.25) is 11.9 Å². The van der Waals surface area contributed by atoms with Crippen LogP contribution >= 0.6 is 0 Å². The van der Waals surface area contributed by atoms with Crippen molar-refractivity contribution in [3.8, 4) is 0 Å². The van der Waals surface area contributed by atoms with E-state index in [-0.39, 0.29) is 12.3 Å². The Kier molecular flexibility index (Phi) is 4.52. The van der Waals surface area contributed by atoms with Gasteiger partial charge in [-0.1, -0.05) is 30.3 Å². The van der Waals surface area contributed by atoms with Gasteiger partial charge >= 0.3 is 0 Å². The Balaban J connectivity index is 1.33. The van der Waals surface area contributed by atoms with Crippen LogP contribution in [0.2, 0.25) is 0 Å². The molecule has 1 fully saturated rings. The number of carbonyl (C=O) groups excluding carboxylic acids is 1. The molecule has 0 aliphatic carbocycles. The molecule has 1 amide bonds. The molecule has 0 atom stereocenters. The summed E-state index contributed by atoms with van der Waals surface area (Å²) in [6.45, 7) is 1.96. The summed E-state index contributed by atoms with van der Waals surface area (Å²) >= 11 is 0. The monoisotopic (exact) mass is 389 g/mol. The number of rotatable bonds is 4. The van der Waals surface area contributed by atoms with Crippen LogP contribution in [0.1, 0.15) is 30.3 Å². The number of nitrogens with zero attached hydrogens (tertiary/aromatic N) is 3. The van der Waals surface area contributed by atoms with E-state index < -0.39 is 0 Å². The van der Waals surface area contributed by atoms with E-state index in [0.717, 1.165) is 53.5 Å². The molecule has 4 aromatic rings. The maximum Gasteiger partial charge on any atom is 0.234 e. The lowest BCUT2D eigenvalue weighted by Crippen LogP contribution is -2.27. The summed E-state index contributed by atoms with van der Waals surface area (Å²) in [4.78, 5) is 17.2. The number of amides is 1. The number of aromatic nitrogens is 3. The van der Waals surface area contributed by atoms with Gasteiger partial charge in [-0.15, -0.1) is 0 Å². The fourth-order valence-electron chi connectivity index (χ4n) is 4.03. The van der Waals surface area contributed by atoms with Crippen LogP contribution in [0.5, 0.6) is 0 Å². The Labute approximate surface area is 168 Å². The highest BCUT2D eigenvalue weighted by Crippen LogP contribution is 2.28. The van der Waals surface area contributed by atoms with Crippen molar-refractivity contribution in [2.45, 2.75) is 25.2 Å². The summed E-state index contributed by atoms with van der Waals surface area (Å²) in [7, 11) is 1.81. The first-order valence-electron chi connectivity index (χ1n) is 9.99. The largest absolute Gasteiger partial charge is 0.461 e. The average Bonchev–Trinajstić information content (AvgIpc) is 3.32. The summed E-state index contributed by atoms with van der Waals surface area (Å²) in [5, 5.41) is 14.0. The first-order chi connectivity index (χ1) is 14.2. The topological polar surface area (TPSA) is 85.0 Å². The zero-order valence-electron chi connectivity index (χ0n) is 16.3. The third-order valence-corrected chi connectivity index (χ3v) is 5.55. The van der Waals surface area contributed by atoms with Crippen LogP contribution in [0.15, 0.2) is 46.9 Å². The van der Waals surface area contributed by atoms with Gasteiger partial charge in [0.25, 0.3) is 0 Å². The molecule has 2 aromatic carbocycles. The van der Waals surface area contributed by atoms with Crippen molar-refractivity contribution >= 4 is 33.6 Å². The van der Waals surface area contributed by atoms with Crippen molar-refractivity contribution in [1.82, 2.24) is 20.1 Å². The van der Waals surface area contributed by atoms with Gasteiger partial charge in [0, 0.05) is 18.4 Å². The van der Waals surface area contributed by atoms with E-state index in [9.17, 15) is 4.79 Å². The molecule has 0 saturated carbocycles. The van der Waals surface area contributed by atoms with Gasteiger partial charge in [-0.2, -0.15) is 10.1 Å². The van der Waals surface area contributed by atoms with E-state index in [1.165, 1.54) is 0 Å². The first kappa shape index (κ1) is 17.9. The molecule has 0 radical (unpaired) electrons. The van der Waals surface area contributed by atoms with Crippen LogP contribution < -0.4 is 10.6 Å². The van der Waals surface area contributed by atoms with E-state index >= 15 is 0 Å². The molecule has 0 unspecified atom stereocenters. The number of hydrogen-bond acceptors (Lipinski definition) is 5. The van der Waals surface area contributed by atoms with E-state index in [0.29, 0.717) is 17.6 Å². The molecular formula is C22H23N5O2. The lowest BCUT2D eigenvalue weighted by Gasteiger charge is -2.19. The number of benzene rings is 2. The highest BCUT2D eigenvalue weighted by atomic mass is 16.3. The number of furan rings is 1. The van der Waals surface area contributed by atoms with Crippen LogP contribution in [0.25, 0.3) is 21.7 Å². The SMILES string of the molecule is Cn1nc(C2CCNCC2)nc1NC(=O)Cc1cc2c(ccc3ccccc32)o1. The molecule has 3 heterocycles. The van der Waals surface area contributed by atoms with Crippen molar-refractivity contribution in [1.29, 1.82) is 0 Å². The lowest BCUT2D eigenvalue weighted by atomic mass is 9.98. The Morgan fingerprint density at radius 1 is 1.21 bits per heavy atom. The molecule has 2 N–H and O–H groups in total. The number of aryl methyl sites for hydroxylation is 1. The minimum Gasteiger partial charge on any atom is -0.461 e. The van der Waals surface area contributed by atoms with Crippen LogP contribution in [0.3, 0.4) is 0 Å². The Hall–Kier alpha value is -3.19. The fraction of sp³-hybridized carbons (Fsp3) is 0.318. The van der Waals surface area contributed by atoms with Gasteiger partial charge in [-0.3, -0.25) is 10.1 Å². The second-order valence-corrected chi connectivity index (χ2v) is 7.58. The van der Waals surface area contributed by atoms with Gasteiger partial charge in [0.15, 0.2) is 5.82 Å². The van der Waals surface area contributed by atoms with Gasteiger partial charge in [0.1, 0.15) is 11.3 Å². The minimum atomic E-state index is -0.166. The molecule has 7 nitrogen and oxygen atoms in total. The predicted molar refractivity (Wildman–Crippen MR) is 112 cm³/mol. The molecule has 2 aromatic heterocycles. The zero-order valence-corrected chi connectivity index (χ0v) is 16.3. The number of piperidine rings is 1. The van der Waals surface area contributed by atoms with Gasteiger partial charge < -0.3 is 9.73 Å². The van der Waals surface area contributed by atoms with Gasteiger partial charge in [-0.25, -0.2) is 4.68 Å². The zero-order chi connectivity index (χ0) is 19.8. The molecule has 7 heteroatoms. The summed E-state index contributed by atoms with van der Waals surface area (Å²) in [5.41, 5.74) is 0.790. The fourth-order valence-corrected chi connectivity index (χ4v) is 4.03. The van der Waals surface area contributed by atoms with Crippen molar-refractivity contribution < 1.29 is 9.21 Å². The van der Waals surface area contributed by atoms with E-state index in [1.54, 1.807) is 11.7 Å². The van der Waals surface area contributed by atoms with E-state index in [1.807, 2.05) is 30.3 Å². The third kappa shape index (κ3) is 3.49. The number of carbonyl (C=O) groups is 1. The summed E-state index contributed by atoms with van der Waals surface area (Å²) in [6.07, 6.45) is 2.19. The molecular weight excluding hydrogens is 366 g/mol. The molecule has 29 heavy (non-hydrogen) atoms. The lowest BCUT2D eigenvalue weighted by molar-refractivity contribution is -0.115. The van der Waals surface area contributed by atoms with Crippen LogP contribution in [-0.4, -0.2) is 33.8 Å². The highest BCUT2D eigenvalue weighted by Gasteiger charge is 2.21. The van der Waals surface area contributed by atoms with Crippen LogP contribution in [-0.2, 0) is 18.3 Å². The smallest absolute Gasteiger partial charge is 0.234 e. The van der Waals surface area contributed by atoms with Crippen molar-refractivity contribution in [2.75, 3.05) is 18.4 Å². The highest BCUT2D eigenvalue weighted by molar-refractivity contribution is 6.06. The Morgan fingerprint density at radius 3 is 2.90 bits per heavy atom. The normalized spacial score (nSPS) is 15.2. The summed E-state index contributed by atoms with van der Waals surface area (Å²) < 4.78 is 7.54. The van der Waals surface area contributed by atoms with E-state index in [2.05, 4.69) is 32.8 Å². The maximum absolute atomic E-state index is 12.6. The van der Waals surface area contributed by atoms with Gasteiger partial charge in [-0.05, 0) is 48.8 Å². The van der Waals surface area contributed by atoms with Gasteiger partial charge in [0.05, 0.1) is 6.42 Å². The molecule has 1 aliphatic heterocycles. The number of anilines is 1. The molecule has 1 aliphatic rings. The Morgan fingerprint density at radius 2 is 2.03 bits per heavy atom. The molecule has 1 saturated heterocycles. The van der Waals surface area contributed by atoms with E-state index in [4.69, 9.17) is 4.42 Å². The molecule has 0 spiro atoms. The number of nitrogens with one attached hydrogen (secondary N) is 2. The molecule has 148 valence electrons. The second kappa shape index (κ2) is 7.33. The average molecular weight is 389 g/mol. The predicted octanol–water partition coefficient (Wildman–Crippen LogP) is 3.36. The maximum atomic E-state index is 12.6. The summed E-state index contributed by atoms with van der Waals surface area (Å²) in [6, 6.07) is 14.1. The molecule has 0 bridgehead atoms. The number of hydrogen-bond donors (Lipinski definition) is 2. The number of fused-ring (bicyclic) bond motifs is 3. The third-order valence-electron chi connectivity index (χ3n) is 5.55. The standard InChI is InChI=1S/C22H23N5O2/c1-27-22(25-21(26-27)15-8-10-23-11-9-15)24-20(28)13-16-12-18-17-5-3-2-4-14(17)6-7-19(18)29-16/h2-7,12,15,23H,8-11,13H2,1H3,(H,24,25,26,28). The van der Waals surface area contributed by atoms with Crippen LogP contribution in [0.4, 0.5) is 5.95 Å².